The number of carbonyl (C=O) groups is 3. The molecule has 2 aliphatic heterocycles. The van der Waals surface area contributed by atoms with Gasteiger partial charge in [0.15, 0.2) is 17.3 Å². The van der Waals surface area contributed by atoms with E-state index in [9.17, 15) is 0 Å². The number of ketones is 3. The van der Waals surface area contributed by atoms with E-state index in [0.29, 0.717) is 16.7 Å². The van der Waals surface area contributed by atoms with Gasteiger partial charge >= 0.3 is 0 Å². The summed E-state index contributed by atoms with van der Waals surface area (Å²) in [5, 5.41) is 0. The molecule has 13 rings (SSSR count). The van der Waals surface area contributed by atoms with Crippen LogP contribution >= 0.6 is 0 Å². The lowest BCUT2D eigenvalue weighted by molar-refractivity contribution is 0.103. The number of para-hydroxylation sites is 4. The van der Waals surface area contributed by atoms with Crippen LogP contribution in [0.5, 0.6) is 0 Å². The highest BCUT2D eigenvalue weighted by Gasteiger charge is 2.40. The number of hydrogen-bond donors (Lipinski definition) is 0. The van der Waals surface area contributed by atoms with Crippen molar-refractivity contribution in [3.8, 4) is 0 Å². The molecule has 1 aliphatic carbocycles. The molecule has 10 aromatic rings. The predicted octanol–water partition coefficient (Wildman–Crippen LogP) is 17.4. The normalized spacial score (nSPS) is 15.2. The summed E-state index contributed by atoms with van der Waals surface area (Å²) in [5.74, 6) is -1.00. The van der Waals surface area contributed by atoms with Crippen molar-refractivity contribution in [3.63, 3.8) is 0 Å². The number of fused-ring (bicyclic) bond motifs is 6. The van der Waals surface area contributed by atoms with E-state index in [4.69, 9.17) is 0 Å². The lowest BCUT2D eigenvalue weighted by Gasteiger charge is -2.42. The number of hydrogen-bond acceptors (Lipinski definition) is 5. The van der Waals surface area contributed by atoms with Crippen LogP contribution in [0.2, 0.25) is 0 Å². The standard InChI is InChI=1S/C73H58N2O3/c1-71(2)57-30-9-7-28-55(57)67(56-29-8-10-31-58(56)71)46-22-19-23-47(40-46)68(76)50-41-51(69(77)48-24-20-26-53(44-48)74-63-36-15-11-32-59(63)72(3,4)60-33-12-16-37-64(60)74)43-52(42-50)70(78)49-25-21-27-54(45-49)75-65-38-17-13-34-61(65)73(5,6)62-35-14-18-39-66(62)75/h7-45,67H,1-6H3. The maximum absolute atomic E-state index is 15.4. The molecule has 0 unspecified atom stereocenters. The molecule has 0 amide bonds. The van der Waals surface area contributed by atoms with Crippen LogP contribution in [0.15, 0.2) is 237 Å². The average molecular weight is 1010 g/mol. The zero-order valence-corrected chi connectivity index (χ0v) is 44.7. The van der Waals surface area contributed by atoms with Gasteiger partial charge in [-0.15, -0.1) is 0 Å². The van der Waals surface area contributed by atoms with Crippen molar-refractivity contribution in [1.82, 2.24) is 0 Å². The fourth-order valence-corrected chi connectivity index (χ4v) is 13.2. The van der Waals surface area contributed by atoms with Gasteiger partial charge in [-0.3, -0.25) is 14.4 Å². The number of rotatable bonds is 9. The molecule has 0 saturated carbocycles. The van der Waals surface area contributed by atoms with E-state index in [1.54, 1.807) is 18.2 Å². The quantitative estimate of drug-likeness (QED) is 0.135. The Balaban J connectivity index is 0.927. The Hall–Kier alpha value is -9.19. The maximum Gasteiger partial charge on any atom is 0.193 e. The van der Waals surface area contributed by atoms with Crippen LogP contribution in [0.3, 0.4) is 0 Å². The summed E-state index contributed by atoms with van der Waals surface area (Å²) in [5.41, 5.74) is 17.8. The van der Waals surface area contributed by atoms with Gasteiger partial charge in [-0.05, 0) is 123 Å². The van der Waals surface area contributed by atoms with E-state index >= 15 is 14.4 Å². The first kappa shape index (κ1) is 48.5. The van der Waals surface area contributed by atoms with E-state index in [2.05, 4.69) is 203 Å². The Kier molecular flexibility index (Phi) is 11.3. The van der Waals surface area contributed by atoms with Gasteiger partial charge in [-0.2, -0.15) is 0 Å². The minimum atomic E-state index is -0.302. The first-order chi connectivity index (χ1) is 37.7. The number of nitrogens with zero attached hydrogens (tertiary/aromatic N) is 2. The SMILES string of the molecule is CC1(C)c2ccccc2C(c2cccc(C(=O)c3cc(C(=O)c4cccc(N5c6ccccc6C(C)(C)c6ccccc65)c4)cc(C(=O)c4cccc(N5c6ccccc6C(C)(C)c6ccccc65)c4)c3)c2)c2ccccc21. The monoisotopic (exact) mass is 1010 g/mol. The van der Waals surface area contributed by atoms with E-state index in [1.165, 1.54) is 44.5 Å². The van der Waals surface area contributed by atoms with Crippen LogP contribution in [-0.4, -0.2) is 17.3 Å². The van der Waals surface area contributed by atoms with Crippen LogP contribution in [0.4, 0.5) is 34.1 Å². The molecule has 2 heterocycles. The molecule has 0 spiro atoms. The van der Waals surface area contributed by atoms with Gasteiger partial charge in [0.1, 0.15) is 0 Å². The molecule has 5 nitrogen and oxygen atoms in total. The third-order valence-corrected chi connectivity index (χ3v) is 17.1. The van der Waals surface area contributed by atoms with Crippen LogP contribution in [0.25, 0.3) is 0 Å². The van der Waals surface area contributed by atoms with E-state index < -0.39 is 0 Å². The Labute approximate surface area is 457 Å². The maximum atomic E-state index is 15.4. The highest BCUT2D eigenvalue weighted by molar-refractivity contribution is 6.17. The lowest BCUT2D eigenvalue weighted by atomic mass is 9.64. The second kappa shape index (κ2) is 18.2. The van der Waals surface area contributed by atoms with Crippen LogP contribution in [-0.2, 0) is 16.2 Å². The second-order valence-corrected chi connectivity index (χ2v) is 22.7. The molecule has 0 N–H and O–H groups in total. The zero-order valence-electron chi connectivity index (χ0n) is 44.7. The molecule has 0 fully saturated rings. The van der Waals surface area contributed by atoms with Crippen molar-refractivity contribution in [1.29, 1.82) is 0 Å². The third-order valence-electron chi connectivity index (χ3n) is 17.1. The zero-order chi connectivity index (χ0) is 53.7. The van der Waals surface area contributed by atoms with Gasteiger partial charge < -0.3 is 9.80 Å². The van der Waals surface area contributed by atoms with E-state index in [-0.39, 0.29) is 56.2 Å². The van der Waals surface area contributed by atoms with Crippen LogP contribution in [0, 0.1) is 0 Å². The van der Waals surface area contributed by atoms with Crippen molar-refractivity contribution in [2.75, 3.05) is 9.80 Å². The third kappa shape index (κ3) is 7.62. The van der Waals surface area contributed by atoms with Crippen LogP contribution in [0.1, 0.15) is 145 Å². The van der Waals surface area contributed by atoms with Crippen molar-refractivity contribution in [2.24, 2.45) is 0 Å². The molecule has 10 aromatic carbocycles. The molecule has 378 valence electrons. The molecule has 0 bridgehead atoms. The number of anilines is 6. The summed E-state index contributed by atoms with van der Waals surface area (Å²) in [7, 11) is 0. The van der Waals surface area contributed by atoms with Crippen molar-refractivity contribution in [3.05, 3.63) is 320 Å². The molecule has 0 atom stereocenters. The topological polar surface area (TPSA) is 57.7 Å². The summed E-state index contributed by atoms with van der Waals surface area (Å²) in [6, 6.07) is 79.2. The first-order valence-electron chi connectivity index (χ1n) is 27.0. The minimum Gasteiger partial charge on any atom is -0.310 e. The molecule has 5 heteroatoms. The molecule has 78 heavy (non-hydrogen) atoms. The Morgan fingerprint density at radius 1 is 0.295 bits per heavy atom. The van der Waals surface area contributed by atoms with Crippen molar-refractivity contribution < 1.29 is 14.4 Å². The highest BCUT2D eigenvalue weighted by atomic mass is 16.1. The van der Waals surface area contributed by atoms with Gasteiger partial charge in [0.25, 0.3) is 0 Å². The van der Waals surface area contributed by atoms with E-state index in [0.717, 1.165) is 39.7 Å². The summed E-state index contributed by atoms with van der Waals surface area (Å²) in [4.78, 5) is 50.5. The highest BCUT2D eigenvalue weighted by Crippen LogP contribution is 2.54. The summed E-state index contributed by atoms with van der Waals surface area (Å²) in [6.07, 6.45) is 0. The molecular formula is C73H58N2O3. The molecular weight excluding hydrogens is 953 g/mol. The summed E-state index contributed by atoms with van der Waals surface area (Å²) in [6.45, 7) is 13.6. The second-order valence-electron chi connectivity index (χ2n) is 22.7. The smallest absolute Gasteiger partial charge is 0.193 e. The minimum absolute atomic E-state index is 0.113. The van der Waals surface area contributed by atoms with Gasteiger partial charge in [-0.25, -0.2) is 0 Å². The Morgan fingerprint density at radius 2 is 0.590 bits per heavy atom. The predicted molar refractivity (Wildman–Crippen MR) is 316 cm³/mol. The van der Waals surface area contributed by atoms with Crippen molar-refractivity contribution in [2.45, 2.75) is 63.7 Å². The van der Waals surface area contributed by atoms with Crippen molar-refractivity contribution >= 4 is 51.5 Å². The van der Waals surface area contributed by atoms with Gasteiger partial charge in [0.05, 0.1) is 22.7 Å². The van der Waals surface area contributed by atoms with Gasteiger partial charge in [-0.1, -0.05) is 205 Å². The summed E-state index contributed by atoms with van der Waals surface area (Å²) < 4.78 is 0. The van der Waals surface area contributed by atoms with Gasteiger partial charge in [0.2, 0.25) is 0 Å². The number of carbonyl (C=O) groups excluding carboxylic acids is 3. The largest absolute Gasteiger partial charge is 0.310 e. The summed E-state index contributed by atoms with van der Waals surface area (Å²) >= 11 is 0. The fourth-order valence-electron chi connectivity index (χ4n) is 13.2. The number of benzene rings is 10. The molecule has 0 radical (unpaired) electrons. The lowest BCUT2D eigenvalue weighted by Crippen LogP contribution is -2.30. The molecule has 0 aromatic heterocycles. The molecule has 0 saturated heterocycles. The Bertz CT molecular complexity index is 3540. The van der Waals surface area contributed by atoms with E-state index in [1.807, 2.05) is 66.7 Å². The van der Waals surface area contributed by atoms with Gasteiger partial charge in [0, 0.05) is 66.9 Å². The Morgan fingerprint density at radius 3 is 0.962 bits per heavy atom. The van der Waals surface area contributed by atoms with Crippen LogP contribution < -0.4 is 9.80 Å². The first-order valence-corrected chi connectivity index (χ1v) is 27.0. The average Bonchev–Trinajstić information content (AvgIpc) is 3.65. The fraction of sp³-hybridized carbons (Fsp3) is 0.137. The molecule has 3 aliphatic rings.